The molecule has 0 aliphatic rings. The Hall–Kier alpha value is -3.27. The summed E-state index contributed by atoms with van der Waals surface area (Å²) in [6, 6.07) is 22.5. The summed E-state index contributed by atoms with van der Waals surface area (Å²) in [5.41, 5.74) is 3.06. The van der Waals surface area contributed by atoms with E-state index in [-0.39, 0.29) is 23.0 Å². The number of benzene rings is 3. The van der Waals surface area contributed by atoms with Crippen LogP contribution in [0.3, 0.4) is 0 Å². The molecule has 25 heavy (non-hydrogen) atoms. The summed E-state index contributed by atoms with van der Waals surface area (Å²) < 4.78 is 5.06. The quantitative estimate of drug-likeness (QED) is 0.734. The number of nitrogens with one attached hydrogen (secondary N) is 1. The highest BCUT2D eigenvalue weighted by Crippen LogP contribution is 2.30. The Morgan fingerprint density at radius 2 is 1.68 bits per heavy atom. The highest BCUT2D eigenvalue weighted by molar-refractivity contribution is 6.07. The lowest BCUT2D eigenvalue weighted by Gasteiger charge is -2.13. The zero-order valence-electron chi connectivity index (χ0n) is 13.9. The number of methoxy groups -OCH3 is 1. The molecule has 0 unspecified atom stereocenters. The Morgan fingerprint density at radius 1 is 0.960 bits per heavy atom. The molecule has 0 atom stereocenters. The molecular formula is C21H19NO3. The van der Waals surface area contributed by atoms with Crippen molar-refractivity contribution < 1.29 is 14.6 Å². The van der Waals surface area contributed by atoms with E-state index in [0.29, 0.717) is 6.42 Å². The van der Waals surface area contributed by atoms with E-state index in [9.17, 15) is 9.90 Å². The van der Waals surface area contributed by atoms with Gasteiger partial charge in [0.2, 0.25) is 0 Å². The first-order valence-corrected chi connectivity index (χ1v) is 7.98. The van der Waals surface area contributed by atoms with Crippen LogP contribution in [0.5, 0.6) is 11.5 Å². The molecule has 0 aromatic heterocycles. The van der Waals surface area contributed by atoms with E-state index in [0.717, 1.165) is 16.8 Å². The Morgan fingerprint density at radius 3 is 2.44 bits per heavy atom. The van der Waals surface area contributed by atoms with Crippen LogP contribution in [0.25, 0.3) is 0 Å². The van der Waals surface area contributed by atoms with E-state index in [4.69, 9.17) is 4.74 Å². The fourth-order valence-corrected chi connectivity index (χ4v) is 2.67. The van der Waals surface area contributed by atoms with Gasteiger partial charge in [-0.15, -0.1) is 0 Å². The number of phenols is 1. The molecule has 0 fully saturated rings. The molecule has 0 saturated heterocycles. The summed E-state index contributed by atoms with van der Waals surface area (Å²) in [5, 5.41) is 13.0. The smallest absolute Gasteiger partial charge is 0.259 e. The number of aromatic hydroxyl groups is 1. The molecule has 0 spiro atoms. The first kappa shape index (κ1) is 16.6. The summed E-state index contributed by atoms with van der Waals surface area (Å²) in [5.74, 6) is -0.273. The lowest BCUT2D eigenvalue weighted by Crippen LogP contribution is -2.14. The van der Waals surface area contributed by atoms with Gasteiger partial charge in [0, 0.05) is 5.69 Å². The van der Waals surface area contributed by atoms with Crippen LogP contribution >= 0.6 is 0 Å². The van der Waals surface area contributed by atoms with Crippen molar-refractivity contribution in [2.45, 2.75) is 6.42 Å². The molecule has 2 N–H and O–H groups in total. The summed E-state index contributed by atoms with van der Waals surface area (Å²) in [6.45, 7) is 0. The van der Waals surface area contributed by atoms with Gasteiger partial charge in [0.05, 0.1) is 12.7 Å². The standard InChI is InChI=1S/C21H19NO3/c1-25-19-13-7-11-17(20(19)23)21(24)22-18-12-6-5-10-16(18)14-15-8-3-2-4-9-15/h2-13,23H,14H2,1H3,(H,22,24). The average molecular weight is 333 g/mol. The third-order valence-corrected chi connectivity index (χ3v) is 3.97. The number of para-hydroxylation sites is 2. The zero-order chi connectivity index (χ0) is 17.6. The second-order valence-electron chi connectivity index (χ2n) is 5.63. The van der Waals surface area contributed by atoms with Crippen molar-refractivity contribution in [1.82, 2.24) is 0 Å². The van der Waals surface area contributed by atoms with Crippen molar-refractivity contribution in [3.63, 3.8) is 0 Å². The molecule has 0 aliphatic carbocycles. The Balaban J connectivity index is 1.85. The molecule has 126 valence electrons. The number of carbonyl (C=O) groups is 1. The van der Waals surface area contributed by atoms with Gasteiger partial charge in [0.15, 0.2) is 11.5 Å². The van der Waals surface area contributed by atoms with E-state index >= 15 is 0 Å². The van der Waals surface area contributed by atoms with Gasteiger partial charge < -0.3 is 15.2 Å². The molecule has 4 heteroatoms. The minimum Gasteiger partial charge on any atom is -0.504 e. The molecular weight excluding hydrogens is 314 g/mol. The Bertz CT molecular complexity index is 875. The van der Waals surface area contributed by atoms with Gasteiger partial charge in [-0.1, -0.05) is 54.6 Å². The van der Waals surface area contributed by atoms with Crippen LogP contribution in [-0.2, 0) is 6.42 Å². The summed E-state index contributed by atoms with van der Waals surface area (Å²) in [6.07, 6.45) is 0.710. The SMILES string of the molecule is COc1cccc(C(=O)Nc2ccccc2Cc2ccccc2)c1O. The van der Waals surface area contributed by atoms with E-state index in [1.807, 2.05) is 54.6 Å². The topological polar surface area (TPSA) is 58.6 Å². The second kappa shape index (κ2) is 7.53. The highest BCUT2D eigenvalue weighted by atomic mass is 16.5. The van der Waals surface area contributed by atoms with Crippen LogP contribution in [0.1, 0.15) is 21.5 Å². The highest BCUT2D eigenvalue weighted by Gasteiger charge is 2.16. The lowest BCUT2D eigenvalue weighted by atomic mass is 10.0. The van der Waals surface area contributed by atoms with Gasteiger partial charge in [-0.25, -0.2) is 0 Å². The number of rotatable bonds is 5. The minimum atomic E-state index is -0.378. The van der Waals surface area contributed by atoms with Gasteiger partial charge in [-0.3, -0.25) is 4.79 Å². The molecule has 3 aromatic rings. The van der Waals surface area contributed by atoms with Crippen molar-refractivity contribution in [3.05, 3.63) is 89.5 Å². The monoisotopic (exact) mass is 333 g/mol. The van der Waals surface area contributed by atoms with Crippen molar-refractivity contribution in [2.24, 2.45) is 0 Å². The third-order valence-electron chi connectivity index (χ3n) is 3.97. The number of carbonyl (C=O) groups excluding carboxylic acids is 1. The number of hydrogen-bond acceptors (Lipinski definition) is 3. The molecule has 0 aliphatic heterocycles. The molecule has 3 rings (SSSR count). The van der Waals surface area contributed by atoms with Crippen LogP contribution in [-0.4, -0.2) is 18.1 Å². The molecule has 3 aromatic carbocycles. The molecule has 0 bridgehead atoms. The number of amides is 1. The predicted octanol–water partition coefficient (Wildman–Crippen LogP) is 4.24. The van der Waals surface area contributed by atoms with Crippen molar-refractivity contribution >= 4 is 11.6 Å². The number of anilines is 1. The van der Waals surface area contributed by atoms with Crippen LogP contribution in [0.2, 0.25) is 0 Å². The molecule has 0 saturated carbocycles. The lowest BCUT2D eigenvalue weighted by molar-refractivity contribution is 0.102. The molecule has 0 radical (unpaired) electrons. The third kappa shape index (κ3) is 3.80. The van der Waals surface area contributed by atoms with E-state index in [1.165, 1.54) is 7.11 Å². The Kier molecular flexibility index (Phi) is 5.00. The van der Waals surface area contributed by atoms with Crippen LogP contribution < -0.4 is 10.1 Å². The van der Waals surface area contributed by atoms with Gasteiger partial charge in [-0.05, 0) is 35.7 Å². The average Bonchev–Trinajstić information content (AvgIpc) is 2.64. The fourth-order valence-electron chi connectivity index (χ4n) is 2.67. The van der Waals surface area contributed by atoms with Crippen LogP contribution in [0.4, 0.5) is 5.69 Å². The van der Waals surface area contributed by atoms with E-state index in [1.54, 1.807) is 18.2 Å². The second-order valence-corrected chi connectivity index (χ2v) is 5.63. The van der Waals surface area contributed by atoms with Gasteiger partial charge in [0.25, 0.3) is 5.91 Å². The maximum Gasteiger partial charge on any atom is 0.259 e. The normalized spacial score (nSPS) is 10.3. The summed E-state index contributed by atoms with van der Waals surface area (Å²) in [4.78, 5) is 12.6. The van der Waals surface area contributed by atoms with E-state index < -0.39 is 0 Å². The predicted molar refractivity (Wildman–Crippen MR) is 98.3 cm³/mol. The fraction of sp³-hybridized carbons (Fsp3) is 0.0952. The molecule has 4 nitrogen and oxygen atoms in total. The molecule has 0 heterocycles. The maximum absolute atomic E-state index is 12.6. The van der Waals surface area contributed by atoms with Crippen molar-refractivity contribution in [2.75, 3.05) is 12.4 Å². The number of ether oxygens (including phenoxy) is 1. The van der Waals surface area contributed by atoms with Gasteiger partial charge >= 0.3 is 0 Å². The maximum atomic E-state index is 12.6. The number of hydrogen-bond donors (Lipinski definition) is 2. The Labute approximate surface area is 146 Å². The van der Waals surface area contributed by atoms with Gasteiger partial charge in [0.1, 0.15) is 0 Å². The van der Waals surface area contributed by atoms with Crippen LogP contribution in [0, 0.1) is 0 Å². The summed E-state index contributed by atoms with van der Waals surface area (Å²) in [7, 11) is 1.45. The van der Waals surface area contributed by atoms with Crippen LogP contribution in [0.15, 0.2) is 72.8 Å². The first-order valence-electron chi connectivity index (χ1n) is 7.98. The number of phenolic OH excluding ortho intramolecular Hbond substituents is 1. The van der Waals surface area contributed by atoms with Gasteiger partial charge in [-0.2, -0.15) is 0 Å². The van der Waals surface area contributed by atoms with E-state index in [2.05, 4.69) is 5.32 Å². The largest absolute Gasteiger partial charge is 0.504 e. The minimum absolute atomic E-state index is 0.164. The van der Waals surface area contributed by atoms with Crippen molar-refractivity contribution in [3.8, 4) is 11.5 Å². The van der Waals surface area contributed by atoms with Crippen molar-refractivity contribution in [1.29, 1.82) is 0 Å². The summed E-state index contributed by atoms with van der Waals surface area (Å²) >= 11 is 0. The first-order chi connectivity index (χ1) is 12.2. The molecule has 1 amide bonds. The zero-order valence-corrected chi connectivity index (χ0v) is 13.9.